The smallest absolute Gasteiger partial charge is 0.236 e. The van der Waals surface area contributed by atoms with E-state index in [4.69, 9.17) is 0 Å². The van der Waals surface area contributed by atoms with Gasteiger partial charge in [0.15, 0.2) is 0 Å². The lowest BCUT2D eigenvalue weighted by molar-refractivity contribution is -0.131. The monoisotopic (exact) mass is 315 g/mol. The Bertz CT molecular complexity index is 484. The number of piperidine rings is 1. The minimum absolute atomic E-state index is 0.0317. The van der Waals surface area contributed by atoms with Crippen LogP contribution in [-0.4, -0.2) is 68.1 Å². The first-order valence-corrected chi connectivity index (χ1v) is 9.60. The molecule has 1 aliphatic carbocycles. The second kappa shape index (κ2) is 6.22. The number of nitrogens with one attached hydrogen (secondary N) is 1. The van der Waals surface area contributed by atoms with Gasteiger partial charge in [-0.2, -0.15) is 0 Å². The highest BCUT2D eigenvalue weighted by Gasteiger charge is 2.37. The number of rotatable bonds is 5. The van der Waals surface area contributed by atoms with E-state index in [1.165, 1.54) is 0 Å². The first kappa shape index (κ1) is 15.2. The van der Waals surface area contributed by atoms with Crippen LogP contribution >= 0.6 is 0 Å². The quantitative estimate of drug-likeness (QED) is 0.784. The highest BCUT2D eigenvalue weighted by atomic mass is 32.2. The van der Waals surface area contributed by atoms with Crippen LogP contribution in [0.5, 0.6) is 0 Å². The number of nitrogens with zero attached hydrogens (tertiary/aromatic N) is 2. The summed E-state index contributed by atoms with van der Waals surface area (Å²) in [5.41, 5.74) is 0. The van der Waals surface area contributed by atoms with E-state index in [0.29, 0.717) is 13.1 Å². The van der Waals surface area contributed by atoms with E-state index >= 15 is 0 Å². The van der Waals surface area contributed by atoms with Crippen LogP contribution in [0.1, 0.15) is 38.5 Å². The van der Waals surface area contributed by atoms with Gasteiger partial charge in [0.1, 0.15) is 0 Å². The molecule has 0 aromatic rings. The van der Waals surface area contributed by atoms with Crippen molar-refractivity contribution in [3.05, 3.63) is 0 Å². The zero-order valence-corrected chi connectivity index (χ0v) is 13.3. The highest BCUT2D eigenvalue weighted by Crippen LogP contribution is 2.28. The van der Waals surface area contributed by atoms with E-state index in [-0.39, 0.29) is 17.2 Å². The molecule has 0 bridgehead atoms. The molecule has 1 atom stereocenters. The molecule has 2 aliphatic heterocycles. The van der Waals surface area contributed by atoms with E-state index in [1.807, 2.05) is 4.90 Å². The zero-order valence-electron chi connectivity index (χ0n) is 12.5. The summed E-state index contributed by atoms with van der Waals surface area (Å²) in [6.45, 7) is 3.74. The third kappa shape index (κ3) is 3.96. The summed E-state index contributed by atoms with van der Waals surface area (Å²) in [6, 6.07) is -0.0317. The first-order valence-electron chi connectivity index (χ1n) is 8.06. The van der Waals surface area contributed by atoms with Crippen molar-refractivity contribution in [1.82, 2.24) is 14.5 Å². The molecule has 7 heteroatoms. The molecule has 1 unspecified atom stereocenters. The second-order valence-electron chi connectivity index (χ2n) is 6.52. The van der Waals surface area contributed by atoms with Gasteiger partial charge in [-0.1, -0.05) is 0 Å². The lowest BCUT2D eigenvalue weighted by atomic mass is 10.1. The molecule has 0 aromatic heterocycles. The highest BCUT2D eigenvalue weighted by molar-refractivity contribution is 7.90. The molecule has 0 spiro atoms. The molecule has 3 rings (SSSR count). The molecule has 1 amide bonds. The van der Waals surface area contributed by atoms with Crippen LogP contribution in [0.15, 0.2) is 0 Å². The van der Waals surface area contributed by atoms with Crippen molar-refractivity contribution in [2.45, 2.75) is 49.8 Å². The van der Waals surface area contributed by atoms with Gasteiger partial charge in [0.05, 0.1) is 11.8 Å². The van der Waals surface area contributed by atoms with Crippen LogP contribution in [0.2, 0.25) is 0 Å². The van der Waals surface area contributed by atoms with E-state index in [1.54, 1.807) is 0 Å². The summed E-state index contributed by atoms with van der Waals surface area (Å²) in [5, 5.41) is -0.167. The molecular weight excluding hydrogens is 290 g/mol. The van der Waals surface area contributed by atoms with Crippen LogP contribution in [0, 0.1) is 0 Å². The number of amides is 1. The summed E-state index contributed by atoms with van der Waals surface area (Å²) >= 11 is 0. The SMILES string of the molecule is O=C(CN1CCCC(NS(=O)(=O)C2CC2)C1)N1CCCC1. The molecule has 3 aliphatic rings. The van der Waals surface area contributed by atoms with Crippen LogP contribution in [-0.2, 0) is 14.8 Å². The van der Waals surface area contributed by atoms with Gasteiger partial charge < -0.3 is 4.90 Å². The fourth-order valence-corrected chi connectivity index (χ4v) is 4.87. The van der Waals surface area contributed by atoms with Crippen LogP contribution < -0.4 is 4.72 Å². The molecule has 0 radical (unpaired) electrons. The Labute approximate surface area is 126 Å². The van der Waals surface area contributed by atoms with Gasteiger partial charge in [-0.25, -0.2) is 13.1 Å². The number of likely N-dealkylation sites (tertiary alicyclic amines) is 2. The second-order valence-corrected chi connectivity index (χ2v) is 8.52. The summed E-state index contributed by atoms with van der Waals surface area (Å²) in [7, 11) is -3.13. The van der Waals surface area contributed by atoms with Gasteiger partial charge in [-0.15, -0.1) is 0 Å². The van der Waals surface area contributed by atoms with Crippen molar-refractivity contribution in [2.75, 3.05) is 32.7 Å². The summed E-state index contributed by atoms with van der Waals surface area (Å²) in [6.07, 6.45) is 5.62. The van der Waals surface area contributed by atoms with E-state index in [9.17, 15) is 13.2 Å². The average Bonchev–Trinajstić information content (AvgIpc) is 3.15. The maximum atomic E-state index is 12.2. The predicted molar refractivity (Wildman–Crippen MR) is 80.4 cm³/mol. The standard InChI is InChI=1S/C14H25N3O3S/c18-14(17-8-1-2-9-17)11-16-7-3-4-12(10-16)15-21(19,20)13-5-6-13/h12-13,15H,1-11H2. The third-order valence-corrected chi connectivity index (χ3v) is 6.63. The summed E-state index contributed by atoms with van der Waals surface area (Å²) in [5.74, 6) is 0.193. The molecular formula is C14H25N3O3S. The van der Waals surface area contributed by atoms with Gasteiger partial charge in [0.25, 0.3) is 0 Å². The summed E-state index contributed by atoms with van der Waals surface area (Å²) < 4.78 is 26.8. The van der Waals surface area contributed by atoms with E-state index in [2.05, 4.69) is 9.62 Å². The Morgan fingerprint density at radius 2 is 1.76 bits per heavy atom. The van der Waals surface area contributed by atoms with Crippen LogP contribution in [0.4, 0.5) is 0 Å². The van der Waals surface area contributed by atoms with Gasteiger partial charge in [-0.3, -0.25) is 9.69 Å². The minimum atomic E-state index is -3.13. The molecule has 120 valence electrons. The lowest BCUT2D eigenvalue weighted by Crippen LogP contribution is -2.50. The Hall–Kier alpha value is -0.660. The Morgan fingerprint density at radius 3 is 2.43 bits per heavy atom. The van der Waals surface area contributed by atoms with Crippen molar-refractivity contribution >= 4 is 15.9 Å². The Balaban J connectivity index is 1.49. The molecule has 3 fully saturated rings. The van der Waals surface area contributed by atoms with Crippen LogP contribution in [0.25, 0.3) is 0 Å². The van der Waals surface area contributed by atoms with Crippen molar-refractivity contribution < 1.29 is 13.2 Å². The molecule has 2 saturated heterocycles. The number of carbonyl (C=O) groups is 1. The number of hydrogen-bond acceptors (Lipinski definition) is 4. The van der Waals surface area contributed by atoms with Crippen molar-refractivity contribution in [3.8, 4) is 0 Å². The van der Waals surface area contributed by atoms with Gasteiger partial charge in [-0.05, 0) is 45.1 Å². The Morgan fingerprint density at radius 1 is 1.05 bits per heavy atom. The fourth-order valence-electron chi connectivity index (χ4n) is 3.26. The average molecular weight is 315 g/mol. The normalized spacial score (nSPS) is 28.0. The van der Waals surface area contributed by atoms with E-state index in [0.717, 1.165) is 58.2 Å². The molecule has 1 saturated carbocycles. The number of sulfonamides is 1. The molecule has 21 heavy (non-hydrogen) atoms. The summed E-state index contributed by atoms with van der Waals surface area (Å²) in [4.78, 5) is 16.2. The third-order valence-electron chi connectivity index (χ3n) is 4.62. The van der Waals surface area contributed by atoms with Gasteiger partial charge in [0, 0.05) is 25.7 Å². The maximum absolute atomic E-state index is 12.2. The van der Waals surface area contributed by atoms with Crippen LogP contribution in [0.3, 0.4) is 0 Å². The minimum Gasteiger partial charge on any atom is -0.342 e. The molecule has 0 aromatic carbocycles. The van der Waals surface area contributed by atoms with Crippen molar-refractivity contribution in [3.63, 3.8) is 0 Å². The van der Waals surface area contributed by atoms with E-state index < -0.39 is 10.0 Å². The zero-order chi connectivity index (χ0) is 14.9. The van der Waals surface area contributed by atoms with Gasteiger partial charge >= 0.3 is 0 Å². The largest absolute Gasteiger partial charge is 0.342 e. The molecule has 6 nitrogen and oxygen atoms in total. The maximum Gasteiger partial charge on any atom is 0.236 e. The molecule has 1 N–H and O–H groups in total. The van der Waals surface area contributed by atoms with Crippen molar-refractivity contribution in [1.29, 1.82) is 0 Å². The first-order chi connectivity index (χ1) is 10.0. The van der Waals surface area contributed by atoms with Gasteiger partial charge in [0.2, 0.25) is 15.9 Å². The number of carbonyl (C=O) groups excluding carboxylic acids is 1. The fraction of sp³-hybridized carbons (Fsp3) is 0.929. The predicted octanol–water partition coefficient (Wildman–Crippen LogP) is 0.155. The molecule has 2 heterocycles. The van der Waals surface area contributed by atoms with Crippen molar-refractivity contribution in [2.24, 2.45) is 0 Å². The lowest BCUT2D eigenvalue weighted by Gasteiger charge is -2.33. The number of hydrogen-bond donors (Lipinski definition) is 1. The topological polar surface area (TPSA) is 69.7 Å². The Kier molecular flexibility index (Phi) is 4.51.